The molecular formula is C15H11NO2S. The zero-order valence-electron chi connectivity index (χ0n) is 10.3. The van der Waals surface area contributed by atoms with Gasteiger partial charge in [-0.2, -0.15) is 11.3 Å². The highest BCUT2D eigenvalue weighted by molar-refractivity contribution is 7.08. The van der Waals surface area contributed by atoms with Crippen molar-refractivity contribution in [1.82, 2.24) is 4.98 Å². The van der Waals surface area contributed by atoms with Crippen molar-refractivity contribution >= 4 is 28.2 Å². The van der Waals surface area contributed by atoms with Gasteiger partial charge >= 0.3 is 5.97 Å². The van der Waals surface area contributed by atoms with Gasteiger partial charge in [0.05, 0.1) is 16.8 Å². The molecule has 0 aliphatic rings. The molecule has 0 spiro atoms. The van der Waals surface area contributed by atoms with Gasteiger partial charge < -0.3 is 5.11 Å². The van der Waals surface area contributed by atoms with Crippen molar-refractivity contribution in [3.63, 3.8) is 0 Å². The lowest BCUT2D eigenvalue weighted by molar-refractivity contribution is 0.0698. The monoisotopic (exact) mass is 269 g/mol. The zero-order chi connectivity index (χ0) is 13.4. The summed E-state index contributed by atoms with van der Waals surface area (Å²) in [7, 11) is 0. The number of carbonyl (C=O) groups is 1. The molecule has 1 N–H and O–H groups in total. The molecule has 0 aliphatic heterocycles. The summed E-state index contributed by atoms with van der Waals surface area (Å²) in [5.74, 6) is -0.910. The number of hydrogen-bond donors (Lipinski definition) is 1. The fourth-order valence-corrected chi connectivity index (χ4v) is 2.90. The number of aromatic carboxylic acids is 1. The minimum Gasteiger partial charge on any atom is -0.478 e. The maximum atomic E-state index is 11.5. The molecule has 0 aliphatic carbocycles. The van der Waals surface area contributed by atoms with Crippen LogP contribution in [0, 0.1) is 6.92 Å². The van der Waals surface area contributed by atoms with Crippen LogP contribution in [-0.2, 0) is 0 Å². The quantitative estimate of drug-likeness (QED) is 0.765. The van der Waals surface area contributed by atoms with Crippen molar-refractivity contribution < 1.29 is 9.90 Å². The number of nitrogens with zero attached hydrogens (tertiary/aromatic N) is 1. The topological polar surface area (TPSA) is 50.2 Å². The number of para-hydroxylation sites is 1. The highest BCUT2D eigenvalue weighted by Crippen LogP contribution is 2.30. The van der Waals surface area contributed by atoms with Crippen molar-refractivity contribution in [2.75, 3.05) is 0 Å². The number of thiophene rings is 1. The molecule has 1 aromatic carbocycles. The Morgan fingerprint density at radius 2 is 2.05 bits per heavy atom. The Labute approximate surface area is 114 Å². The summed E-state index contributed by atoms with van der Waals surface area (Å²) in [6.07, 6.45) is 0. The summed E-state index contributed by atoms with van der Waals surface area (Å²) >= 11 is 1.58. The second kappa shape index (κ2) is 4.48. The average Bonchev–Trinajstić information content (AvgIpc) is 2.91. The number of fused-ring (bicyclic) bond motifs is 1. The molecule has 3 nitrogen and oxygen atoms in total. The number of pyridine rings is 1. The van der Waals surface area contributed by atoms with E-state index in [9.17, 15) is 9.90 Å². The van der Waals surface area contributed by atoms with E-state index in [2.05, 4.69) is 4.98 Å². The summed E-state index contributed by atoms with van der Waals surface area (Å²) in [6.45, 7) is 1.82. The van der Waals surface area contributed by atoms with Crippen LogP contribution in [0.4, 0.5) is 0 Å². The Balaban J connectivity index is 2.42. The Morgan fingerprint density at radius 1 is 1.26 bits per heavy atom. The molecular weight excluding hydrogens is 258 g/mol. The Kier molecular flexibility index (Phi) is 2.80. The second-order valence-corrected chi connectivity index (χ2v) is 5.07. The van der Waals surface area contributed by atoms with Gasteiger partial charge in [0, 0.05) is 16.3 Å². The van der Waals surface area contributed by atoms with Gasteiger partial charge in [0.25, 0.3) is 0 Å². The van der Waals surface area contributed by atoms with Crippen LogP contribution in [-0.4, -0.2) is 16.1 Å². The first-order valence-electron chi connectivity index (χ1n) is 5.83. The zero-order valence-corrected chi connectivity index (χ0v) is 11.1. The largest absolute Gasteiger partial charge is 0.478 e. The summed E-state index contributed by atoms with van der Waals surface area (Å²) < 4.78 is 0. The molecule has 0 amide bonds. The van der Waals surface area contributed by atoms with E-state index in [-0.39, 0.29) is 0 Å². The summed E-state index contributed by atoms with van der Waals surface area (Å²) in [5, 5.41) is 14.1. The van der Waals surface area contributed by atoms with Gasteiger partial charge in [0.1, 0.15) is 0 Å². The first-order chi connectivity index (χ1) is 9.18. The number of benzene rings is 1. The van der Waals surface area contributed by atoms with E-state index in [1.54, 1.807) is 17.4 Å². The third-order valence-corrected chi connectivity index (χ3v) is 3.83. The van der Waals surface area contributed by atoms with Gasteiger partial charge in [-0.3, -0.25) is 0 Å². The maximum absolute atomic E-state index is 11.5. The normalized spacial score (nSPS) is 10.8. The van der Waals surface area contributed by atoms with Crippen molar-refractivity contribution in [1.29, 1.82) is 0 Å². The van der Waals surface area contributed by atoms with E-state index in [4.69, 9.17) is 0 Å². The van der Waals surface area contributed by atoms with Crippen LogP contribution in [0.25, 0.3) is 22.2 Å². The van der Waals surface area contributed by atoms with Crippen molar-refractivity contribution in [3.8, 4) is 11.3 Å². The highest BCUT2D eigenvalue weighted by atomic mass is 32.1. The van der Waals surface area contributed by atoms with Crippen LogP contribution in [0.15, 0.2) is 41.1 Å². The molecule has 19 heavy (non-hydrogen) atoms. The molecule has 0 atom stereocenters. The van der Waals surface area contributed by atoms with Crippen LogP contribution >= 0.6 is 11.3 Å². The molecule has 0 fully saturated rings. The van der Waals surface area contributed by atoms with E-state index >= 15 is 0 Å². The lowest BCUT2D eigenvalue weighted by Gasteiger charge is -2.10. The van der Waals surface area contributed by atoms with Crippen molar-refractivity contribution in [3.05, 3.63) is 52.2 Å². The fraction of sp³-hybridized carbons (Fsp3) is 0.0667. The summed E-state index contributed by atoms with van der Waals surface area (Å²) in [4.78, 5) is 16.1. The first-order valence-corrected chi connectivity index (χ1v) is 6.78. The summed E-state index contributed by atoms with van der Waals surface area (Å²) in [6, 6.07) is 9.31. The predicted molar refractivity (Wildman–Crippen MR) is 76.8 cm³/mol. The van der Waals surface area contributed by atoms with Gasteiger partial charge in [0.2, 0.25) is 0 Å². The van der Waals surface area contributed by atoms with E-state index in [0.717, 1.165) is 11.3 Å². The van der Waals surface area contributed by atoms with E-state index in [1.165, 1.54) is 0 Å². The average molecular weight is 269 g/mol. The van der Waals surface area contributed by atoms with Crippen LogP contribution in [0.2, 0.25) is 0 Å². The lowest BCUT2D eigenvalue weighted by Crippen LogP contribution is -2.04. The standard InChI is InChI=1S/C15H11NO2S/c1-9-13(15(17)18)11-4-2-3-5-12(11)16-14(9)10-6-7-19-8-10/h2-8H,1H3,(H,17,18). The fourth-order valence-electron chi connectivity index (χ4n) is 2.26. The number of rotatable bonds is 2. The number of aromatic nitrogens is 1. The highest BCUT2D eigenvalue weighted by Gasteiger charge is 2.17. The molecule has 3 rings (SSSR count). The molecule has 4 heteroatoms. The van der Waals surface area contributed by atoms with E-state index in [0.29, 0.717) is 22.0 Å². The predicted octanol–water partition coefficient (Wildman–Crippen LogP) is 3.97. The second-order valence-electron chi connectivity index (χ2n) is 4.29. The van der Waals surface area contributed by atoms with Crippen LogP contribution in [0.3, 0.4) is 0 Å². The Bertz CT molecular complexity index is 763. The molecule has 94 valence electrons. The number of carboxylic acid groups (broad SMARTS) is 1. The molecule has 0 unspecified atom stereocenters. The molecule has 0 radical (unpaired) electrons. The molecule has 2 heterocycles. The third kappa shape index (κ3) is 1.90. The molecule has 0 saturated heterocycles. The molecule has 3 aromatic rings. The van der Waals surface area contributed by atoms with Gasteiger partial charge in [-0.1, -0.05) is 18.2 Å². The van der Waals surface area contributed by atoms with Gasteiger partial charge in [0.15, 0.2) is 0 Å². The molecule has 0 saturated carbocycles. The van der Waals surface area contributed by atoms with E-state index < -0.39 is 5.97 Å². The molecule has 0 bridgehead atoms. The van der Waals surface area contributed by atoms with Crippen LogP contribution < -0.4 is 0 Å². The Morgan fingerprint density at radius 3 is 2.74 bits per heavy atom. The smallest absolute Gasteiger partial charge is 0.336 e. The Hall–Kier alpha value is -2.20. The number of carboxylic acids is 1. The molecule has 2 aromatic heterocycles. The van der Waals surface area contributed by atoms with Gasteiger partial charge in [-0.05, 0) is 30.0 Å². The van der Waals surface area contributed by atoms with Gasteiger partial charge in [-0.25, -0.2) is 9.78 Å². The SMILES string of the molecule is Cc1c(-c2ccsc2)nc2ccccc2c1C(=O)O. The minimum atomic E-state index is -0.910. The third-order valence-electron chi connectivity index (χ3n) is 3.14. The van der Waals surface area contributed by atoms with Crippen molar-refractivity contribution in [2.45, 2.75) is 6.92 Å². The minimum absolute atomic E-state index is 0.340. The van der Waals surface area contributed by atoms with Crippen LogP contribution in [0.1, 0.15) is 15.9 Å². The maximum Gasteiger partial charge on any atom is 0.336 e. The van der Waals surface area contributed by atoms with Crippen LogP contribution in [0.5, 0.6) is 0 Å². The van der Waals surface area contributed by atoms with E-state index in [1.807, 2.05) is 41.9 Å². The lowest BCUT2D eigenvalue weighted by atomic mass is 9.99. The van der Waals surface area contributed by atoms with Gasteiger partial charge in [-0.15, -0.1) is 0 Å². The number of hydrogen-bond acceptors (Lipinski definition) is 3. The first kappa shape index (κ1) is 11.9. The summed E-state index contributed by atoms with van der Waals surface area (Å²) in [5.41, 5.74) is 3.48. The van der Waals surface area contributed by atoms with Crippen molar-refractivity contribution in [2.24, 2.45) is 0 Å².